The summed E-state index contributed by atoms with van der Waals surface area (Å²) >= 11 is 0. The molecular formula is C21H26FN3O4S. The summed E-state index contributed by atoms with van der Waals surface area (Å²) in [6.07, 6.45) is 0. The van der Waals surface area contributed by atoms with Crippen molar-refractivity contribution < 1.29 is 22.4 Å². The lowest BCUT2D eigenvalue weighted by Gasteiger charge is -2.23. The molecule has 0 radical (unpaired) electrons. The van der Waals surface area contributed by atoms with Crippen LogP contribution in [0.4, 0.5) is 10.1 Å². The molecule has 2 rings (SSSR count). The summed E-state index contributed by atoms with van der Waals surface area (Å²) in [6.45, 7) is 4.83. The monoisotopic (exact) mass is 435 g/mol. The number of nitrogens with one attached hydrogen (secondary N) is 2. The number of halogens is 1. The number of sulfonamides is 1. The summed E-state index contributed by atoms with van der Waals surface area (Å²) in [7, 11) is -0.751. The van der Waals surface area contributed by atoms with Crippen LogP contribution in [0.3, 0.4) is 0 Å². The van der Waals surface area contributed by atoms with Crippen molar-refractivity contribution in [2.24, 2.45) is 5.92 Å². The minimum Gasteiger partial charge on any atom is -0.349 e. The van der Waals surface area contributed by atoms with Gasteiger partial charge in [0.05, 0.1) is 10.8 Å². The Labute approximate surface area is 176 Å². The molecular weight excluding hydrogens is 409 g/mol. The maximum absolute atomic E-state index is 13.4. The molecule has 2 aromatic rings. The van der Waals surface area contributed by atoms with E-state index in [4.69, 9.17) is 0 Å². The van der Waals surface area contributed by atoms with Crippen molar-refractivity contribution in [1.82, 2.24) is 9.62 Å². The van der Waals surface area contributed by atoms with Crippen molar-refractivity contribution in [2.75, 3.05) is 19.4 Å². The normalized spacial score (nSPS) is 13.4. The molecule has 0 aliphatic rings. The molecule has 7 nitrogen and oxygen atoms in total. The molecule has 30 heavy (non-hydrogen) atoms. The molecule has 0 aromatic heterocycles. The summed E-state index contributed by atoms with van der Waals surface area (Å²) in [5.41, 5.74) is 0.906. The van der Waals surface area contributed by atoms with Crippen LogP contribution in [0.15, 0.2) is 47.4 Å². The summed E-state index contributed by atoms with van der Waals surface area (Å²) < 4.78 is 41.4. The lowest BCUT2D eigenvalue weighted by Crippen LogP contribution is -2.43. The van der Waals surface area contributed by atoms with Crippen molar-refractivity contribution >= 4 is 27.5 Å². The molecule has 2 aromatic carbocycles. The standard InChI is InChI=1S/C21H26FN3O4S/c1-13-11-17(9-10-19(13)22)23-20(26)16-7-6-8-18(12-16)30(28,29)24-15(3)14(2)21(27)25(4)5/h6-12,14-15,24H,1-5H3,(H,23,26). The molecule has 0 aliphatic carbocycles. The van der Waals surface area contributed by atoms with Crippen LogP contribution in [0, 0.1) is 18.7 Å². The minimum atomic E-state index is -3.96. The summed E-state index contributed by atoms with van der Waals surface area (Å²) in [5.74, 6) is -1.68. The van der Waals surface area contributed by atoms with Gasteiger partial charge in [0.25, 0.3) is 5.91 Å². The van der Waals surface area contributed by atoms with E-state index in [1.165, 1.54) is 47.4 Å². The molecule has 2 amide bonds. The number of carbonyl (C=O) groups excluding carboxylic acids is 2. The number of carbonyl (C=O) groups is 2. The first-order chi connectivity index (χ1) is 13.9. The third kappa shape index (κ3) is 5.64. The summed E-state index contributed by atoms with van der Waals surface area (Å²) in [6, 6.07) is 9.06. The van der Waals surface area contributed by atoms with E-state index >= 15 is 0 Å². The van der Waals surface area contributed by atoms with Gasteiger partial charge in [-0.05, 0) is 55.8 Å². The second kappa shape index (κ2) is 9.36. The Morgan fingerprint density at radius 3 is 2.33 bits per heavy atom. The van der Waals surface area contributed by atoms with E-state index in [1.54, 1.807) is 34.9 Å². The lowest BCUT2D eigenvalue weighted by molar-refractivity contribution is -0.132. The number of aryl methyl sites for hydroxylation is 1. The zero-order chi connectivity index (χ0) is 22.6. The molecule has 162 valence electrons. The summed E-state index contributed by atoms with van der Waals surface area (Å²) in [5, 5.41) is 2.62. The van der Waals surface area contributed by atoms with Gasteiger partial charge >= 0.3 is 0 Å². The van der Waals surface area contributed by atoms with E-state index in [0.29, 0.717) is 11.3 Å². The van der Waals surface area contributed by atoms with Crippen molar-refractivity contribution in [3.63, 3.8) is 0 Å². The Bertz CT molecular complexity index is 1050. The van der Waals surface area contributed by atoms with Gasteiger partial charge < -0.3 is 10.2 Å². The second-order valence-electron chi connectivity index (χ2n) is 7.38. The van der Waals surface area contributed by atoms with Crippen molar-refractivity contribution in [2.45, 2.75) is 31.7 Å². The molecule has 2 unspecified atom stereocenters. The molecule has 0 spiro atoms. The number of benzene rings is 2. The van der Waals surface area contributed by atoms with Gasteiger partial charge in [0.15, 0.2) is 0 Å². The van der Waals surface area contributed by atoms with E-state index in [-0.39, 0.29) is 22.2 Å². The van der Waals surface area contributed by atoms with Gasteiger partial charge in [-0.2, -0.15) is 0 Å². The van der Waals surface area contributed by atoms with Crippen LogP contribution in [-0.4, -0.2) is 45.3 Å². The molecule has 2 N–H and O–H groups in total. The van der Waals surface area contributed by atoms with Crippen LogP contribution in [0.1, 0.15) is 29.8 Å². The average molecular weight is 436 g/mol. The number of hydrogen-bond acceptors (Lipinski definition) is 4. The predicted molar refractivity (Wildman–Crippen MR) is 113 cm³/mol. The average Bonchev–Trinajstić information content (AvgIpc) is 2.69. The first-order valence-electron chi connectivity index (χ1n) is 9.33. The molecule has 9 heteroatoms. The maximum Gasteiger partial charge on any atom is 0.255 e. The van der Waals surface area contributed by atoms with Gasteiger partial charge in [-0.1, -0.05) is 13.0 Å². The maximum atomic E-state index is 13.4. The van der Waals surface area contributed by atoms with Crippen LogP contribution < -0.4 is 10.0 Å². The van der Waals surface area contributed by atoms with E-state index in [2.05, 4.69) is 10.0 Å². The molecule has 0 saturated heterocycles. The fourth-order valence-electron chi connectivity index (χ4n) is 2.77. The van der Waals surface area contributed by atoms with Crippen molar-refractivity contribution in [3.8, 4) is 0 Å². The lowest BCUT2D eigenvalue weighted by atomic mass is 10.0. The van der Waals surface area contributed by atoms with Crippen molar-refractivity contribution in [3.05, 3.63) is 59.4 Å². The van der Waals surface area contributed by atoms with Crippen LogP contribution >= 0.6 is 0 Å². The van der Waals surface area contributed by atoms with Gasteiger partial charge in [0.1, 0.15) is 5.82 Å². The van der Waals surface area contributed by atoms with Crippen LogP contribution in [0.2, 0.25) is 0 Å². The molecule has 0 fully saturated rings. The summed E-state index contributed by atoms with van der Waals surface area (Å²) in [4.78, 5) is 25.9. The Morgan fingerprint density at radius 2 is 1.73 bits per heavy atom. The van der Waals surface area contributed by atoms with Crippen molar-refractivity contribution in [1.29, 1.82) is 0 Å². The van der Waals surface area contributed by atoms with Gasteiger partial charge in [-0.25, -0.2) is 17.5 Å². The Hall–Kier alpha value is -2.78. The molecule has 0 heterocycles. The van der Waals surface area contributed by atoms with E-state index in [9.17, 15) is 22.4 Å². The molecule has 0 saturated carbocycles. The number of hydrogen-bond donors (Lipinski definition) is 2. The smallest absolute Gasteiger partial charge is 0.255 e. The highest BCUT2D eigenvalue weighted by Gasteiger charge is 2.27. The molecule has 2 atom stereocenters. The number of nitrogens with zero attached hydrogens (tertiary/aromatic N) is 1. The van der Waals surface area contributed by atoms with E-state index in [0.717, 1.165) is 0 Å². The molecule has 0 aliphatic heterocycles. The third-order valence-corrected chi connectivity index (χ3v) is 6.30. The van der Waals surface area contributed by atoms with Gasteiger partial charge in [-0.3, -0.25) is 9.59 Å². The Balaban J connectivity index is 2.19. The second-order valence-corrected chi connectivity index (χ2v) is 9.09. The first-order valence-corrected chi connectivity index (χ1v) is 10.8. The fourth-order valence-corrected chi connectivity index (χ4v) is 4.14. The SMILES string of the molecule is Cc1cc(NC(=O)c2cccc(S(=O)(=O)NC(C)C(C)C(=O)N(C)C)c2)ccc1F. The number of rotatable bonds is 7. The minimum absolute atomic E-state index is 0.0956. The highest BCUT2D eigenvalue weighted by Crippen LogP contribution is 2.18. The largest absolute Gasteiger partial charge is 0.349 e. The van der Waals surface area contributed by atoms with E-state index in [1.807, 2.05) is 0 Å². The number of anilines is 1. The van der Waals surface area contributed by atoms with Gasteiger partial charge in [0, 0.05) is 31.4 Å². The van der Waals surface area contributed by atoms with Crippen LogP contribution in [0.25, 0.3) is 0 Å². The molecule has 0 bridgehead atoms. The first kappa shape index (κ1) is 23.5. The zero-order valence-electron chi connectivity index (χ0n) is 17.6. The van der Waals surface area contributed by atoms with Gasteiger partial charge in [0.2, 0.25) is 15.9 Å². The quantitative estimate of drug-likeness (QED) is 0.699. The van der Waals surface area contributed by atoms with Crippen LogP contribution in [-0.2, 0) is 14.8 Å². The fraction of sp³-hybridized carbons (Fsp3) is 0.333. The topological polar surface area (TPSA) is 95.6 Å². The van der Waals surface area contributed by atoms with Gasteiger partial charge in [-0.15, -0.1) is 0 Å². The predicted octanol–water partition coefficient (Wildman–Crippen LogP) is 2.78. The number of amides is 2. The Kier molecular flexibility index (Phi) is 7.33. The Morgan fingerprint density at radius 1 is 1.07 bits per heavy atom. The third-order valence-electron chi connectivity index (χ3n) is 4.74. The highest BCUT2D eigenvalue weighted by molar-refractivity contribution is 7.89. The van der Waals surface area contributed by atoms with E-state index < -0.39 is 27.9 Å². The zero-order valence-corrected chi connectivity index (χ0v) is 18.4. The highest BCUT2D eigenvalue weighted by atomic mass is 32.2. The van der Waals surface area contributed by atoms with Crippen LogP contribution in [0.5, 0.6) is 0 Å².